The summed E-state index contributed by atoms with van der Waals surface area (Å²) in [5, 5.41) is 0.555. The summed E-state index contributed by atoms with van der Waals surface area (Å²) in [4.78, 5) is 14.3. The van der Waals surface area contributed by atoms with Crippen molar-refractivity contribution in [3.8, 4) is 5.75 Å². The number of halogens is 1. The number of hydrogen-bond donors (Lipinski definition) is 0. The number of aromatic nitrogens is 1. The minimum absolute atomic E-state index is 0.0807. The molecule has 0 N–H and O–H groups in total. The number of para-hydroxylation sites is 1. The van der Waals surface area contributed by atoms with Crippen molar-refractivity contribution < 1.29 is 9.53 Å². The van der Waals surface area contributed by atoms with Crippen LogP contribution >= 0.6 is 11.6 Å². The Kier molecular flexibility index (Phi) is 4.58. The van der Waals surface area contributed by atoms with E-state index in [4.69, 9.17) is 16.3 Å². The molecule has 1 amide bonds. The maximum atomic E-state index is 12.6. The molecule has 0 aliphatic carbocycles. The van der Waals surface area contributed by atoms with E-state index in [0.717, 1.165) is 11.3 Å². The molecule has 4 nitrogen and oxygen atoms in total. The van der Waals surface area contributed by atoms with E-state index in [2.05, 4.69) is 0 Å². The highest BCUT2D eigenvalue weighted by atomic mass is 35.5. The Morgan fingerprint density at radius 3 is 2.62 bits per heavy atom. The van der Waals surface area contributed by atoms with Crippen LogP contribution in [0, 0.1) is 0 Å². The van der Waals surface area contributed by atoms with E-state index in [-0.39, 0.29) is 11.9 Å². The molecule has 1 heterocycles. The normalized spacial score (nSPS) is 12.0. The number of carbonyl (C=O) groups is 1. The molecule has 0 bridgehead atoms. The Labute approximate surface area is 129 Å². The van der Waals surface area contributed by atoms with Crippen molar-refractivity contribution in [3.05, 3.63) is 52.8 Å². The molecule has 0 aliphatic rings. The predicted molar refractivity (Wildman–Crippen MR) is 83.9 cm³/mol. The molecule has 1 aromatic heterocycles. The second kappa shape index (κ2) is 6.22. The molecule has 0 saturated carbocycles. The van der Waals surface area contributed by atoms with Gasteiger partial charge in [0.15, 0.2) is 0 Å². The molecule has 21 heavy (non-hydrogen) atoms. The average Bonchev–Trinajstić information content (AvgIpc) is 2.83. The lowest BCUT2D eigenvalue weighted by atomic mass is 10.1. The Hall–Kier alpha value is -1.94. The fourth-order valence-electron chi connectivity index (χ4n) is 2.31. The summed E-state index contributed by atoms with van der Waals surface area (Å²) < 4.78 is 7.10. The fraction of sp³-hybridized carbons (Fsp3) is 0.312. The quantitative estimate of drug-likeness (QED) is 0.866. The van der Waals surface area contributed by atoms with Gasteiger partial charge >= 0.3 is 0 Å². The Morgan fingerprint density at radius 1 is 1.38 bits per heavy atom. The van der Waals surface area contributed by atoms with E-state index in [0.29, 0.717) is 10.7 Å². The molecule has 2 aromatic rings. The third kappa shape index (κ3) is 3.05. The van der Waals surface area contributed by atoms with Gasteiger partial charge in [0.2, 0.25) is 0 Å². The number of amides is 1. The average molecular weight is 307 g/mol. The van der Waals surface area contributed by atoms with Gasteiger partial charge in [0.25, 0.3) is 5.91 Å². The van der Waals surface area contributed by atoms with Crippen molar-refractivity contribution in [2.24, 2.45) is 7.05 Å². The van der Waals surface area contributed by atoms with Crippen molar-refractivity contribution in [2.45, 2.75) is 13.0 Å². The van der Waals surface area contributed by atoms with Crippen LogP contribution in [-0.2, 0) is 7.05 Å². The summed E-state index contributed by atoms with van der Waals surface area (Å²) in [7, 11) is 5.21. The van der Waals surface area contributed by atoms with Crippen LogP contribution in [0.1, 0.15) is 29.0 Å². The molecule has 0 unspecified atom stereocenters. The number of benzene rings is 1. The summed E-state index contributed by atoms with van der Waals surface area (Å²) in [6.45, 7) is 1.97. The highest BCUT2D eigenvalue weighted by Gasteiger charge is 2.23. The minimum atomic E-state index is -0.109. The zero-order chi connectivity index (χ0) is 15.6. The first kappa shape index (κ1) is 15.4. The molecule has 0 spiro atoms. The first-order chi connectivity index (χ1) is 9.95. The fourth-order valence-corrected chi connectivity index (χ4v) is 2.56. The third-order valence-electron chi connectivity index (χ3n) is 3.68. The molecular weight excluding hydrogens is 288 g/mol. The van der Waals surface area contributed by atoms with Gasteiger partial charge in [-0.05, 0) is 19.1 Å². The second-order valence-electron chi connectivity index (χ2n) is 4.99. The number of ether oxygens (including phenoxy) is 1. The summed E-state index contributed by atoms with van der Waals surface area (Å²) in [6.07, 6.45) is 1.72. The molecule has 1 aromatic carbocycles. The van der Waals surface area contributed by atoms with Gasteiger partial charge in [-0.3, -0.25) is 4.79 Å². The number of nitrogens with zero attached hydrogens (tertiary/aromatic N) is 2. The maximum absolute atomic E-state index is 12.6. The third-order valence-corrected chi connectivity index (χ3v) is 3.89. The Morgan fingerprint density at radius 2 is 2.05 bits per heavy atom. The zero-order valence-electron chi connectivity index (χ0n) is 12.6. The lowest BCUT2D eigenvalue weighted by molar-refractivity contribution is 0.0731. The molecule has 0 fully saturated rings. The van der Waals surface area contributed by atoms with Crippen LogP contribution in [0.5, 0.6) is 5.75 Å². The lowest BCUT2D eigenvalue weighted by Gasteiger charge is -2.26. The Balaban J connectivity index is 2.28. The maximum Gasteiger partial charge on any atom is 0.270 e. The van der Waals surface area contributed by atoms with Crippen LogP contribution in [0.4, 0.5) is 0 Å². The van der Waals surface area contributed by atoms with Gasteiger partial charge in [-0.2, -0.15) is 0 Å². The van der Waals surface area contributed by atoms with E-state index < -0.39 is 0 Å². The van der Waals surface area contributed by atoms with Gasteiger partial charge in [-0.1, -0.05) is 29.8 Å². The molecule has 112 valence electrons. The summed E-state index contributed by atoms with van der Waals surface area (Å²) in [6, 6.07) is 9.27. The van der Waals surface area contributed by atoms with Crippen molar-refractivity contribution in [1.82, 2.24) is 9.47 Å². The SMILES string of the molecule is COc1ccccc1[C@@H](C)N(C)C(=O)c1cc(Cl)cn1C. The zero-order valence-corrected chi connectivity index (χ0v) is 13.4. The van der Waals surface area contributed by atoms with E-state index in [9.17, 15) is 4.79 Å². The van der Waals surface area contributed by atoms with Crippen molar-refractivity contribution in [1.29, 1.82) is 0 Å². The standard InChI is InChI=1S/C16H19ClN2O2/c1-11(13-7-5-6-8-15(13)21-4)19(3)16(20)14-9-12(17)10-18(14)2/h5-11H,1-4H3/t11-/m1/s1. The summed E-state index contributed by atoms with van der Waals surface area (Å²) in [5.41, 5.74) is 1.53. The van der Waals surface area contributed by atoms with Gasteiger partial charge in [0.1, 0.15) is 11.4 Å². The van der Waals surface area contributed by atoms with Gasteiger partial charge in [-0.15, -0.1) is 0 Å². The number of carbonyl (C=O) groups excluding carboxylic acids is 1. The molecule has 0 saturated heterocycles. The van der Waals surface area contributed by atoms with Crippen molar-refractivity contribution in [2.75, 3.05) is 14.2 Å². The van der Waals surface area contributed by atoms with Crippen LogP contribution in [0.2, 0.25) is 5.02 Å². The van der Waals surface area contributed by atoms with E-state index in [1.807, 2.05) is 31.2 Å². The van der Waals surface area contributed by atoms with Crippen LogP contribution in [-0.4, -0.2) is 29.5 Å². The van der Waals surface area contributed by atoms with Crippen LogP contribution in [0.3, 0.4) is 0 Å². The first-order valence-corrected chi connectivity index (χ1v) is 7.05. The summed E-state index contributed by atoms with van der Waals surface area (Å²) in [5.74, 6) is 0.692. The molecule has 2 rings (SSSR count). The first-order valence-electron chi connectivity index (χ1n) is 6.67. The molecule has 0 radical (unpaired) electrons. The summed E-state index contributed by atoms with van der Waals surface area (Å²) >= 11 is 5.95. The van der Waals surface area contributed by atoms with Gasteiger partial charge in [0.05, 0.1) is 18.2 Å². The second-order valence-corrected chi connectivity index (χ2v) is 5.42. The van der Waals surface area contributed by atoms with Crippen molar-refractivity contribution in [3.63, 3.8) is 0 Å². The predicted octanol–water partition coefficient (Wildman–Crippen LogP) is 3.52. The van der Waals surface area contributed by atoms with Crippen LogP contribution < -0.4 is 4.74 Å². The highest BCUT2D eigenvalue weighted by molar-refractivity contribution is 6.31. The van der Waals surface area contributed by atoms with Crippen molar-refractivity contribution >= 4 is 17.5 Å². The van der Waals surface area contributed by atoms with Crippen LogP contribution in [0.25, 0.3) is 0 Å². The van der Waals surface area contributed by atoms with Gasteiger partial charge in [0, 0.05) is 25.9 Å². The largest absolute Gasteiger partial charge is 0.496 e. The number of aryl methyl sites for hydroxylation is 1. The Bertz CT molecular complexity index is 651. The minimum Gasteiger partial charge on any atom is -0.496 e. The molecule has 5 heteroatoms. The van der Waals surface area contributed by atoms with E-state index in [1.54, 1.807) is 42.9 Å². The monoisotopic (exact) mass is 306 g/mol. The molecular formula is C16H19ClN2O2. The van der Waals surface area contributed by atoms with Gasteiger partial charge in [-0.25, -0.2) is 0 Å². The topological polar surface area (TPSA) is 34.5 Å². The number of methoxy groups -OCH3 is 1. The van der Waals surface area contributed by atoms with E-state index >= 15 is 0 Å². The highest BCUT2D eigenvalue weighted by Crippen LogP contribution is 2.29. The van der Waals surface area contributed by atoms with Crippen LogP contribution in [0.15, 0.2) is 36.5 Å². The molecule has 0 aliphatic heterocycles. The van der Waals surface area contributed by atoms with E-state index in [1.165, 1.54) is 0 Å². The smallest absolute Gasteiger partial charge is 0.270 e. The van der Waals surface area contributed by atoms with Gasteiger partial charge < -0.3 is 14.2 Å². The number of rotatable bonds is 4. The lowest BCUT2D eigenvalue weighted by Crippen LogP contribution is -2.31. The molecule has 1 atom stereocenters. The number of hydrogen-bond acceptors (Lipinski definition) is 2.